The molecule has 0 radical (unpaired) electrons. The molecule has 0 atom stereocenters. The Balaban J connectivity index is 1.54. The van der Waals surface area contributed by atoms with E-state index < -0.39 is 10.0 Å². The zero-order chi connectivity index (χ0) is 20.1. The van der Waals surface area contributed by atoms with Gasteiger partial charge in [0.2, 0.25) is 10.0 Å². The van der Waals surface area contributed by atoms with Gasteiger partial charge in [-0.1, -0.05) is 24.3 Å². The van der Waals surface area contributed by atoms with Crippen LogP contribution < -0.4 is 5.32 Å². The van der Waals surface area contributed by atoms with E-state index in [1.54, 1.807) is 40.5 Å². The van der Waals surface area contributed by atoms with Crippen LogP contribution in [-0.4, -0.2) is 68.8 Å². The zero-order valence-electron chi connectivity index (χ0n) is 16.2. The van der Waals surface area contributed by atoms with Crippen LogP contribution in [0.4, 0.5) is 4.79 Å². The lowest BCUT2D eigenvalue weighted by molar-refractivity contribution is 0.135. The zero-order valence-corrected chi connectivity index (χ0v) is 17.8. The third-order valence-corrected chi connectivity index (χ3v) is 7.56. The summed E-state index contributed by atoms with van der Waals surface area (Å²) >= 11 is 1.75. The van der Waals surface area contributed by atoms with Gasteiger partial charge in [0.15, 0.2) is 0 Å². The normalized spacial score (nSPS) is 15.8. The fourth-order valence-electron chi connectivity index (χ4n) is 3.11. The topological polar surface area (TPSA) is 73.0 Å². The van der Waals surface area contributed by atoms with Crippen LogP contribution in [0.3, 0.4) is 0 Å². The molecular formula is C19H26N4O3S2. The lowest BCUT2D eigenvalue weighted by Crippen LogP contribution is -2.51. The Morgan fingerprint density at radius 3 is 2.46 bits per heavy atom. The van der Waals surface area contributed by atoms with Crippen LogP contribution in [-0.2, 0) is 23.1 Å². The first-order valence-electron chi connectivity index (χ1n) is 9.16. The highest BCUT2D eigenvalue weighted by molar-refractivity contribution is 7.89. The van der Waals surface area contributed by atoms with Gasteiger partial charge in [-0.05, 0) is 23.1 Å². The Morgan fingerprint density at radius 2 is 1.82 bits per heavy atom. The second kappa shape index (κ2) is 9.04. The number of piperazine rings is 1. The highest BCUT2D eigenvalue weighted by Crippen LogP contribution is 2.18. The van der Waals surface area contributed by atoms with Crippen molar-refractivity contribution >= 4 is 27.4 Å². The molecule has 0 unspecified atom stereocenters. The second-order valence-electron chi connectivity index (χ2n) is 6.90. The first-order valence-corrected chi connectivity index (χ1v) is 11.5. The summed E-state index contributed by atoms with van der Waals surface area (Å²) in [5, 5.41) is 4.94. The second-order valence-corrected chi connectivity index (χ2v) is 10.0. The van der Waals surface area contributed by atoms with Crippen molar-refractivity contribution in [3.63, 3.8) is 0 Å². The Hall–Kier alpha value is -1.94. The third-order valence-electron chi connectivity index (χ3n) is 4.78. The Kier molecular flexibility index (Phi) is 6.71. The van der Waals surface area contributed by atoms with Gasteiger partial charge in [-0.2, -0.15) is 0 Å². The third kappa shape index (κ3) is 4.91. The van der Waals surface area contributed by atoms with Crippen LogP contribution in [0.2, 0.25) is 0 Å². The van der Waals surface area contributed by atoms with E-state index in [1.807, 2.05) is 0 Å². The molecule has 0 spiro atoms. The van der Waals surface area contributed by atoms with Gasteiger partial charge in [-0.15, -0.1) is 11.3 Å². The molecule has 1 aliphatic rings. The van der Waals surface area contributed by atoms with Gasteiger partial charge in [0.25, 0.3) is 0 Å². The summed E-state index contributed by atoms with van der Waals surface area (Å²) in [6.07, 6.45) is 0. The van der Waals surface area contributed by atoms with Crippen molar-refractivity contribution in [2.24, 2.45) is 0 Å². The van der Waals surface area contributed by atoms with Crippen molar-refractivity contribution in [1.29, 1.82) is 0 Å². The van der Waals surface area contributed by atoms with Crippen molar-refractivity contribution < 1.29 is 13.2 Å². The molecule has 9 heteroatoms. The highest BCUT2D eigenvalue weighted by Gasteiger charge is 2.23. The molecule has 1 saturated heterocycles. The van der Waals surface area contributed by atoms with Gasteiger partial charge in [0, 0.05) is 58.2 Å². The van der Waals surface area contributed by atoms with Crippen molar-refractivity contribution in [2.45, 2.75) is 18.0 Å². The van der Waals surface area contributed by atoms with E-state index in [-0.39, 0.29) is 17.5 Å². The number of hydrogen-bond acceptors (Lipinski definition) is 5. The molecule has 7 nitrogen and oxygen atoms in total. The molecule has 1 aromatic carbocycles. The number of benzene rings is 1. The van der Waals surface area contributed by atoms with Crippen LogP contribution in [0.25, 0.3) is 0 Å². The van der Waals surface area contributed by atoms with Crippen LogP contribution in [0.1, 0.15) is 10.4 Å². The number of carbonyl (C=O) groups excluding carboxylic acids is 1. The van der Waals surface area contributed by atoms with E-state index in [1.165, 1.54) is 23.3 Å². The van der Waals surface area contributed by atoms with E-state index in [4.69, 9.17) is 0 Å². The van der Waals surface area contributed by atoms with Crippen LogP contribution >= 0.6 is 11.3 Å². The summed E-state index contributed by atoms with van der Waals surface area (Å²) in [5.74, 6) is 0. The van der Waals surface area contributed by atoms with Crippen molar-refractivity contribution in [2.75, 3.05) is 40.3 Å². The first-order chi connectivity index (χ1) is 13.4. The van der Waals surface area contributed by atoms with Crippen molar-refractivity contribution in [1.82, 2.24) is 19.4 Å². The number of carbonyl (C=O) groups is 1. The van der Waals surface area contributed by atoms with Gasteiger partial charge >= 0.3 is 6.03 Å². The van der Waals surface area contributed by atoms with E-state index in [0.29, 0.717) is 18.7 Å². The van der Waals surface area contributed by atoms with Crippen LogP contribution in [0, 0.1) is 0 Å². The Morgan fingerprint density at radius 1 is 1.11 bits per heavy atom. The Bertz CT molecular complexity index is 890. The first kappa shape index (κ1) is 20.8. The number of amides is 2. The quantitative estimate of drug-likeness (QED) is 0.773. The molecule has 0 bridgehead atoms. The smallest absolute Gasteiger partial charge is 0.317 e. The number of nitrogens with one attached hydrogen (secondary N) is 1. The standard InChI is InChI=1S/C19H26N4O3S2/c1-21(2)28(25,26)18-8-4-3-6-16(18)14-20-19(24)23-11-9-22(10-12-23)15-17-7-5-13-27-17/h3-8,13H,9-12,14-15H2,1-2H3,(H,20,24). The predicted molar refractivity (Wildman–Crippen MR) is 111 cm³/mol. The van der Waals surface area contributed by atoms with Gasteiger partial charge in [-0.3, -0.25) is 4.90 Å². The van der Waals surface area contributed by atoms with Gasteiger partial charge in [-0.25, -0.2) is 17.5 Å². The average molecular weight is 423 g/mol. The summed E-state index contributed by atoms with van der Waals surface area (Å²) < 4.78 is 26.1. The molecule has 152 valence electrons. The molecule has 0 saturated carbocycles. The van der Waals surface area contributed by atoms with Crippen LogP contribution in [0.5, 0.6) is 0 Å². The van der Waals surface area contributed by atoms with E-state index in [0.717, 1.165) is 19.6 Å². The number of nitrogens with zero attached hydrogens (tertiary/aromatic N) is 3. The molecule has 1 N–H and O–H groups in total. The molecule has 3 rings (SSSR count). The average Bonchev–Trinajstić information content (AvgIpc) is 3.20. The summed E-state index contributed by atoms with van der Waals surface area (Å²) in [4.78, 5) is 18.2. The van der Waals surface area contributed by atoms with Gasteiger partial charge in [0.05, 0.1) is 4.90 Å². The number of sulfonamides is 1. The molecule has 1 fully saturated rings. The van der Waals surface area contributed by atoms with Gasteiger partial charge in [0.1, 0.15) is 0 Å². The molecule has 1 aliphatic heterocycles. The predicted octanol–water partition coefficient (Wildman–Crippen LogP) is 2.03. The minimum Gasteiger partial charge on any atom is -0.334 e. The molecular weight excluding hydrogens is 396 g/mol. The minimum atomic E-state index is -3.55. The van der Waals surface area contributed by atoms with Crippen LogP contribution in [0.15, 0.2) is 46.7 Å². The summed E-state index contributed by atoms with van der Waals surface area (Å²) in [5.41, 5.74) is 0.584. The molecule has 2 amide bonds. The summed E-state index contributed by atoms with van der Waals surface area (Å²) in [7, 11) is -0.549. The number of thiophene rings is 1. The van der Waals surface area contributed by atoms with E-state index >= 15 is 0 Å². The van der Waals surface area contributed by atoms with E-state index in [2.05, 4.69) is 27.7 Å². The molecule has 1 aromatic heterocycles. The van der Waals surface area contributed by atoms with E-state index in [9.17, 15) is 13.2 Å². The SMILES string of the molecule is CN(C)S(=O)(=O)c1ccccc1CNC(=O)N1CCN(Cc2cccs2)CC1. The lowest BCUT2D eigenvalue weighted by atomic mass is 10.2. The monoisotopic (exact) mass is 422 g/mol. The fourth-order valence-corrected chi connectivity index (χ4v) is 4.97. The lowest BCUT2D eigenvalue weighted by Gasteiger charge is -2.34. The highest BCUT2D eigenvalue weighted by atomic mass is 32.2. The fraction of sp³-hybridized carbons (Fsp3) is 0.421. The molecule has 0 aliphatic carbocycles. The molecule has 2 heterocycles. The largest absolute Gasteiger partial charge is 0.334 e. The maximum atomic E-state index is 12.5. The summed E-state index contributed by atoms with van der Waals surface area (Å²) in [6.45, 7) is 4.08. The summed E-state index contributed by atoms with van der Waals surface area (Å²) in [6, 6.07) is 10.8. The number of rotatable bonds is 6. The maximum Gasteiger partial charge on any atom is 0.317 e. The number of hydrogen-bond donors (Lipinski definition) is 1. The molecule has 2 aromatic rings. The molecule has 28 heavy (non-hydrogen) atoms. The number of urea groups is 1. The van der Waals surface area contributed by atoms with Crippen molar-refractivity contribution in [3.8, 4) is 0 Å². The van der Waals surface area contributed by atoms with Gasteiger partial charge < -0.3 is 10.2 Å². The minimum absolute atomic E-state index is 0.159. The maximum absolute atomic E-state index is 12.5. The Labute approximate surface area is 170 Å². The van der Waals surface area contributed by atoms with Crippen molar-refractivity contribution in [3.05, 3.63) is 52.2 Å².